The van der Waals surface area contributed by atoms with E-state index in [2.05, 4.69) is 69.0 Å². The molecular weight excluding hydrogens is 442 g/mol. The first-order valence-electron chi connectivity index (χ1n) is 10.2. The Kier molecular flexibility index (Phi) is 14.2. The first-order chi connectivity index (χ1) is 12.9. The fraction of sp³-hybridized carbons (Fsp3) is 0.545. The van der Waals surface area contributed by atoms with Crippen LogP contribution in [0.5, 0.6) is 0 Å². The summed E-state index contributed by atoms with van der Waals surface area (Å²) in [5.74, 6) is 0. The van der Waals surface area contributed by atoms with Gasteiger partial charge in [-0.25, -0.2) is 12.1 Å². The zero-order valence-electron chi connectivity index (χ0n) is 17.1. The summed E-state index contributed by atoms with van der Waals surface area (Å²) < 4.78 is 0. The van der Waals surface area contributed by atoms with Crippen LogP contribution in [0.15, 0.2) is 48.5 Å². The molecule has 156 valence electrons. The molecule has 3 rings (SSSR count). The molecule has 6 heteroatoms. The van der Waals surface area contributed by atoms with Crippen molar-refractivity contribution >= 4 is 0 Å². The van der Waals surface area contributed by atoms with Gasteiger partial charge in [0.05, 0.1) is 0 Å². The summed E-state index contributed by atoms with van der Waals surface area (Å²) in [7, 11) is 0. The molecule has 0 atom stereocenters. The molecule has 1 heterocycles. The van der Waals surface area contributed by atoms with Crippen LogP contribution in [-0.2, 0) is 49.6 Å². The van der Waals surface area contributed by atoms with E-state index in [4.69, 9.17) is 0 Å². The molecule has 0 aliphatic carbocycles. The van der Waals surface area contributed by atoms with Gasteiger partial charge in [0, 0.05) is 43.2 Å². The zero-order valence-corrected chi connectivity index (χ0v) is 21.1. The topological polar surface area (TPSA) is 30.5 Å². The third kappa shape index (κ3) is 9.94. The molecular formula is C22H34FeN4Zn-4. The molecule has 2 aromatic rings. The monoisotopic (exact) mass is 474 g/mol. The number of nitrogens with one attached hydrogen (secondary N) is 2. The number of hydrogen-bond acceptors (Lipinski definition) is 4. The average Bonchev–Trinajstić information content (AvgIpc) is 3.33. The fourth-order valence-corrected chi connectivity index (χ4v) is 3.67. The van der Waals surface area contributed by atoms with Crippen molar-refractivity contribution < 1.29 is 36.5 Å². The van der Waals surface area contributed by atoms with Gasteiger partial charge in [0.25, 0.3) is 0 Å². The largest absolute Gasteiger partial charge is 2.00 e. The van der Waals surface area contributed by atoms with Crippen molar-refractivity contribution in [1.29, 1.82) is 0 Å². The Balaban J connectivity index is 0.00000196. The van der Waals surface area contributed by atoms with Gasteiger partial charge in [-0.15, -0.1) is 5.56 Å². The Morgan fingerprint density at radius 1 is 0.750 bits per heavy atom. The molecule has 0 radical (unpaired) electrons. The van der Waals surface area contributed by atoms with Gasteiger partial charge in [-0.1, -0.05) is 0 Å². The van der Waals surface area contributed by atoms with Gasteiger partial charge in [0.2, 0.25) is 0 Å². The van der Waals surface area contributed by atoms with Crippen molar-refractivity contribution in [3.63, 3.8) is 0 Å². The van der Waals surface area contributed by atoms with E-state index < -0.39 is 0 Å². The predicted octanol–water partition coefficient (Wildman–Crippen LogP) is 2.40. The van der Waals surface area contributed by atoms with Gasteiger partial charge in [-0.2, -0.15) is 18.7 Å². The normalized spacial score (nSPS) is 18.6. The van der Waals surface area contributed by atoms with Gasteiger partial charge in [-0.05, 0) is 45.6 Å². The van der Waals surface area contributed by atoms with Gasteiger partial charge in [0.1, 0.15) is 0 Å². The molecule has 4 nitrogen and oxygen atoms in total. The van der Waals surface area contributed by atoms with Gasteiger partial charge >= 0.3 is 19.5 Å². The summed E-state index contributed by atoms with van der Waals surface area (Å²) in [5.41, 5.74) is 2.87. The van der Waals surface area contributed by atoms with Crippen LogP contribution >= 0.6 is 0 Å². The molecule has 1 aliphatic rings. The maximum atomic E-state index is 3.64. The number of hydrogen-bond donors (Lipinski definition) is 2. The van der Waals surface area contributed by atoms with Crippen LogP contribution < -0.4 is 10.6 Å². The maximum Gasteiger partial charge on any atom is 2.00 e. The second kappa shape index (κ2) is 15.5. The van der Waals surface area contributed by atoms with Crippen molar-refractivity contribution in [3.8, 4) is 0 Å². The molecule has 1 aliphatic heterocycles. The quantitative estimate of drug-likeness (QED) is 0.525. The predicted molar refractivity (Wildman–Crippen MR) is 110 cm³/mol. The molecule has 0 spiro atoms. The van der Waals surface area contributed by atoms with E-state index in [1.807, 2.05) is 0 Å². The summed E-state index contributed by atoms with van der Waals surface area (Å²) in [5, 5.41) is 7.29. The van der Waals surface area contributed by atoms with E-state index in [9.17, 15) is 0 Å². The maximum absolute atomic E-state index is 3.64. The van der Waals surface area contributed by atoms with Crippen molar-refractivity contribution in [1.82, 2.24) is 20.4 Å². The smallest absolute Gasteiger partial charge is 0.748 e. The van der Waals surface area contributed by atoms with Gasteiger partial charge in [0.15, 0.2) is 0 Å². The Morgan fingerprint density at radius 2 is 1.29 bits per heavy atom. The number of rotatable bonds is 4. The first kappa shape index (κ1) is 25.7. The van der Waals surface area contributed by atoms with Gasteiger partial charge < -0.3 is 50.3 Å². The fourth-order valence-electron chi connectivity index (χ4n) is 3.67. The summed E-state index contributed by atoms with van der Waals surface area (Å²) in [6, 6.07) is 17.5. The van der Waals surface area contributed by atoms with Gasteiger partial charge in [-0.3, -0.25) is 0 Å². The number of nitrogens with zero attached hydrogens (tertiary/aromatic N) is 2. The third-order valence-corrected chi connectivity index (χ3v) is 5.14. The molecule has 0 unspecified atom stereocenters. The van der Waals surface area contributed by atoms with E-state index in [1.165, 1.54) is 24.0 Å². The third-order valence-electron chi connectivity index (χ3n) is 5.14. The summed E-state index contributed by atoms with van der Waals surface area (Å²) in [6.45, 7) is 11.1. The zero-order chi connectivity index (χ0) is 17.9. The van der Waals surface area contributed by atoms with Crippen LogP contribution in [0.25, 0.3) is 0 Å². The van der Waals surface area contributed by atoms with E-state index >= 15 is 0 Å². The molecule has 1 saturated heterocycles. The van der Waals surface area contributed by atoms with Crippen molar-refractivity contribution in [3.05, 3.63) is 59.7 Å². The van der Waals surface area contributed by atoms with Crippen molar-refractivity contribution in [2.45, 2.75) is 25.9 Å². The van der Waals surface area contributed by atoms with E-state index in [1.54, 1.807) is 0 Å². The molecule has 2 aromatic carbocycles. The Morgan fingerprint density at radius 3 is 1.86 bits per heavy atom. The van der Waals surface area contributed by atoms with Crippen LogP contribution in [0, 0.1) is 0 Å². The molecule has 0 saturated carbocycles. The van der Waals surface area contributed by atoms with Crippen LogP contribution in [-0.4, -0.2) is 62.2 Å². The first-order valence-corrected chi connectivity index (χ1v) is 10.2. The molecule has 0 aromatic heterocycles. The van der Waals surface area contributed by atoms with E-state index in [-0.39, 0.29) is 36.5 Å². The summed E-state index contributed by atoms with van der Waals surface area (Å²) >= 11 is 0. The Bertz CT molecular complexity index is 505. The second-order valence-corrected chi connectivity index (χ2v) is 7.35. The summed E-state index contributed by atoms with van der Waals surface area (Å²) in [4.78, 5) is 5.16. The minimum Gasteiger partial charge on any atom is -0.748 e. The van der Waals surface area contributed by atoms with E-state index in [0.29, 0.717) is 0 Å². The standard InChI is InChI=1S/C22H34N4.Fe.Zn/c1-2-8-21(7-1)19-25-15-5-11-24-14-18-26(16-6-12-23-13-17-25)20-22-9-3-4-10-22;;/h1-4,7-10,23-24H,5-6,11-20H2;;/q-6;;+2. The second-order valence-electron chi connectivity index (χ2n) is 7.35. The summed E-state index contributed by atoms with van der Waals surface area (Å²) in [6.07, 6.45) is 2.42. The van der Waals surface area contributed by atoms with Crippen LogP contribution in [0.3, 0.4) is 0 Å². The molecule has 1 fully saturated rings. The van der Waals surface area contributed by atoms with Crippen molar-refractivity contribution in [2.75, 3.05) is 52.4 Å². The minimum absolute atomic E-state index is 0. The van der Waals surface area contributed by atoms with E-state index in [0.717, 1.165) is 65.4 Å². The Labute approximate surface area is 194 Å². The SMILES string of the molecule is [Fe].[Zn+2].c1cc[c-](CN2CCCNCCN(C[c-]3[cH-][cH-][cH-][cH-]3)CCCNCC2)c1. The average molecular weight is 476 g/mol. The van der Waals surface area contributed by atoms with Crippen molar-refractivity contribution in [2.24, 2.45) is 0 Å². The molecule has 2 N–H and O–H groups in total. The van der Waals surface area contributed by atoms with Crippen LogP contribution in [0.4, 0.5) is 0 Å². The minimum atomic E-state index is 0. The molecule has 0 amide bonds. The van der Waals surface area contributed by atoms with Crippen LogP contribution in [0.2, 0.25) is 0 Å². The van der Waals surface area contributed by atoms with Crippen LogP contribution in [0.1, 0.15) is 24.0 Å². The molecule has 28 heavy (non-hydrogen) atoms. The molecule has 0 bridgehead atoms. The Hall–Kier alpha value is -0.317.